The Balaban J connectivity index is 1.98. The second-order valence-corrected chi connectivity index (χ2v) is 5.90. The second kappa shape index (κ2) is 6.69. The Morgan fingerprint density at radius 2 is 2.09 bits per heavy atom. The summed E-state index contributed by atoms with van der Waals surface area (Å²) >= 11 is 0. The van der Waals surface area contributed by atoms with Crippen molar-refractivity contribution in [1.29, 1.82) is 0 Å². The van der Waals surface area contributed by atoms with Crippen LogP contribution in [0.1, 0.15) is 19.8 Å². The van der Waals surface area contributed by atoms with E-state index in [4.69, 9.17) is 5.73 Å². The van der Waals surface area contributed by atoms with E-state index in [2.05, 4.69) is 34.2 Å². The monoisotopic (exact) mass is 310 g/mol. The lowest BCUT2D eigenvalue weighted by atomic mass is 10.0. The molecule has 1 unspecified atom stereocenters. The molecule has 5 heteroatoms. The van der Waals surface area contributed by atoms with Crippen molar-refractivity contribution in [2.24, 2.45) is 5.92 Å². The second-order valence-electron chi connectivity index (χ2n) is 5.90. The van der Waals surface area contributed by atoms with Crippen LogP contribution in [0.3, 0.4) is 0 Å². The topological polar surface area (TPSA) is 75.3 Å². The Morgan fingerprint density at radius 3 is 2.87 bits per heavy atom. The molecular formula is C18H22N4O. The standard InChI is InChI=1S/C18H22N4O/c1-2-13-7-5-6-10-22(12-13)16-11-15(20-21-18(16)19)14-8-3-4-9-17(14)23/h3-6,8-9,11,13,23H,2,7,10,12H2,1H3,(H2,19,21). The molecule has 0 aliphatic carbocycles. The normalized spacial score (nSPS) is 18.0. The molecule has 0 radical (unpaired) electrons. The molecule has 1 aliphatic heterocycles. The number of hydrogen-bond donors (Lipinski definition) is 2. The van der Waals surface area contributed by atoms with Gasteiger partial charge in [-0.15, -0.1) is 10.2 Å². The number of rotatable bonds is 3. The Bertz CT molecular complexity index is 714. The summed E-state index contributed by atoms with van der Waals surface area (Å²) < 4.78 is 0. The molecule has 0 amide bonds. The fraction of sp³-hybridized carbons (Fsp3) is 0.333. The van der Waals surface area contributed by atoms with Gasteiger partial charge in [0, 0.05) is 18.7 Å². The van der Waals surface area contributed by atoms with Crippen molar-refractivity contribution in [3.05, 3.63) is 42.5 Å². The number of aromatic nitrogens is 2. The van der Waals surface area contributed by atoms with Crippen molar-refractivity contribution in [3.63, 3.8) is 0 Å². The molecule has 0 spiro atoms. The van der Waals surface area contributed by atoms with Crippen molar-refractivity contribution in [2.45, 2.75) is 19.8 Å². The quantitative estimate of drug-likeness (QED) is 0.851. The summed E-state index contributed by atoms with van der Waals surface area (Å²) in [6, 6.07) is 9.05. The lowest BCUT2D eigenvalue weighted by molar-refractivity contribution is 0.477. The fourth-order valence-electron chi connectivity index (χ4n) is 2.91. The van der Waals surface area contributed by atoms with Crippen molar-refractivity contribution in [3.8, 4) is 17.0 Å². The van der Waals surface area contributed by atoms with E-state index in [9.17, 15) is 5.11 Å². The highest BCUT2D eigenvalue weighted by Crippen LogP contribution is 2.32. The van der Waals surface area contributed by atoms with Gasteiger partial charge in [0.1, 0.15) is 5.75 Å². The molecule has 0 fully saturated rings. The van der Waals surface area contributed by atoms with Gasteiger partial charge in [-0.05, 0) is 30.5 Å². The van der Waals surface area contributed by atoms with Gasteiger partial charge in [0.05, 0.1) is 11.4 Å². The van der Waals surface area contributed by atoms with Crippen LogP contribution in [-0.2, 0) is 0 Å². The zero-order chi connectivity index (χ0) is 16.2. The van der Waals surface area contributed by atoms with Gasteiger partial charge in [0.2, 0.25) is 0 Å². The van der Waals surface area contributed by atoms with Crippen LogP contribution >= 0.6 is 0 Å². The van der Waals surface area contributed by atoms with Gasteiger partial charge >= 0.3 is 0 Å². The Kier molecular flexibility index (Phi) is 4.46. The number of anilines is 2. The number of phenols is 1. The minimum Gasteiger partial charge on any atom is -0.507 e. The maximum absolute atomic E-state index is 10.0. The number of para-hydroxylation sites is 1. The van der Waals surface area contributed by atoms with E-state index in [1.807, 2.05) is 18.2 Å². The zero-order valence-corrected chi connectivity index (χ0v) is 13.3. The molecule has 1 atom stereocenters. The predicted octanol–water partition coefficient (Wildman–Crippen LogP) is 3.22. The molecule has 1 aromatic heterocycles. The smallest absolute Gasteiger partial charge is 0.169 e. The molecule has 2 heterocycles. The summed E-state index contributed by atoms with van der Waals surface area (Å²) in [5.74, 6) is 1.23. The first kappa shape index (κ1) is 15.3. The van der Waals surface area contributed by atoms with Crippen molar-refractivity contribution < 1.29 is 5.11 Å². The van der Waals surface area contributed by atoms with Gasteiger partial charge in [-0.25, -0.2) is 0 Å². The molecule has 3 rings (SSSR count). The van der Waals surface area contributed by atoms with Crippen LogP contribution < -0.4 is 10.6 Å². The van der Waals surface area contributed by atoms with E-state index in [0.29, 0.717) is 23.0 Å². The highest BCUT2D eigenvalue weighted by Gasteiger charge is 2.18. The summed E-state index contributed by atoms with van der Waals surface area (Å²) in [5, 5.41) is 18.3. The molecule has 0 saturated heterocycles. The van der Waals surface area contributed by atoms with E-state index >= 15 is 0 Å². The minimum atomic E-state index is 0.194. The van der Waals surface area contributed by atoms with Crippen LogP contribution in [0.5, 0.6) is 5.75 Å². The first-order valence-electron chi connectivity index (χ1n) is 8.00. The molecule has 3 N–H and O–H groups in total. The average Bonchev–Trinajstić information content (AvgIpc) is 2.81. The first-order chi connectivity index (χ1) is 11.2. The number of phenolic OH excluding ortho intramolecular Hbond substituents is 1. The predicted molar refractivity (Wildman–Crippen MR) is 93.3 cm³/mol. The Morgan fingerprint density at radius 1 is 1.26 bits per heavy atom. The molecular weight excluding hydrogens is 288 g/mol. The van der Waals surface area contributed by atoms with E-state index in [1.54, 1.807) is 12.1 Å². The van der Waals surface area contributed by atoms with E-state index in [0.717, 1.165) is 31.6 Å². The molecule has 0 saturated carbocycles. The summed E-state index contributed by atoms with van der Waals surface area (Å²) in [6.45, 7) is 3.97. The van der Waals surface area contributed by atoms with Crippen LogP contribution in [0.25, 0.3) is 11.3 Å². The SMILES string of the molecule is CCC1CC=CCN(c2cc(-c3ccccc3O)nnc2N)C1. The van der Waals surface area contributed by atoms with Gasteiger partial charge < -0.3 is 15.7 Å². The maximum atomic E-state index is 10.0. The Hall–Kier alpha value is -2.56. The van der Waals surface area contributed by atoms with Crippen LogP contribution in [-0.4, -0.2) is 28.4 Å². The average molecular weight is 310 g/mol. The van der Waals surface area contributed by atoms with Gasteiger partial charge in [0.15, 0.2) is 5.82 Å². The zero-order valence-electron chi connectivity index (χ0n) is 13.3. The number of nitrogens with two attached hydrogens (primary N) is 1. The number of nitrogens with zero attached hydrogens (tertiary/aromatic N) is 3. The van der Waals surface area contributed by atoms with Gasteiger partial charge in [-0.1, -0.05) is 37.6 Å². The third kappa shape index (κ3) is 3.28. The molecule has 5 nitrogen and oxygen atoms in total. The van der Waals surface area contributed by atoms with Crippen LogP contribution in [0.2, 0.25) is 0 Å². The molecule has 0 bridgehead atoms. The molecule has 2 aromatic rings. The lowest BCUT2D eigenvalue weighted by Crippen LogP contribution is -2.29. The third-order valence-electron chi connectivity index (χ3n) is 4.34. The van der Waals surface area contributed by atoms with Crippen LogP contribution in [0.4, 0.5) is 11.5 Å². The lowest BCUT2D eigenvalue weighted by Gasteiger charge is -2.26. The van der Waals surface area contributed by atoms with Crippen molar-refractivity contribution >= 4 is 11.5 Å². The molecule has 120 valence electrons. The number of nitrogen functional groups attached to an aromatic ring is 1. The van der Waals surface area contributed by atoms with Crippen molar-refractivity contribution in [2.75, 3.05) is 23.7 Å². The number of aromatic hydroxyl groups is 1. The van der Waals surface area contributed by atoms with Crippen LogP contribution in [0, 0.1) is 5.92 Å². The highest BCUT2D eigenvalue weighted by molar-refractivity contribution is 5.74. The van der Waals surface area contributed by atoms with Gasteiger partial charge in [-0.3, -0.25) is 0 Å². The molecule has 1 aromatic carbocycles. The van der Waals surface area contributed by atoms with Gasteiger partial charge in [0.25, 0.3) is 0 Å². The summed E-state index contributed by atoms with van der Waals surface area (Å²) in [7, 11) is 0. The fourth-order valence-corrected chi connectivity index (χ4v) is 2.91. The Labute approximate surface area is 136 Å². The first-order valence-corrected chi connectivity index (χ1v) is 8.00. The highest BCUT2D eigenvalue weighted by atomic mass is 16.3. The molecule has 1 aliphatic rings. The largest absolute Gasteiger partial charge is 0.507 e. The number of allylic oxidation sites excluding steroid dienone is 1. The van der Waals surface area contributed by atoms with E-state index in [-0.39, 0.29) is 5.75 Å². The number of hydrogen-bond acceptors (Lipinski definition) is 5. The summed E-state index contributed by atoms with van der Waals surface area (Å²) in [4.78, 5) is 2.24. The third-order valence-corrected chi connectivity index (χ3v) is 4.34. The number of benzene rings is 1. The maximum Gasteiger partial charge on any atom is 0.169 e. The summed E-state index contributed by atoms with van der Waals surface area (Å²) in [6.07, 6.45) is 6.64. The van der Waals surface area contributed by atoms with E-state index < -0.39 is 0 Å². The van der Waals surface area contributed by atoms with Crippen LogP contribution in [0.15, 0.2) is 42.5 Å². The van der Waals surface area contributed by atoms with E-state index in [1.165, 1.54) is 0 Å². The minimum absolute atomic E-state index is 0.194. The van der Waals surface area contributed by atoms with Crippen molar-refractivity contribution in [1.82, 2.24) is 10.2 Å². The molecule has 23 heavy (non-hydrogen) atoms. The van der Waals surface area contributed by atoms with Gasteiger partial charge in [-0.2, -0.15) is 0 Å². The summed E-state index contributed by atoms with van der Waals surface area (Å²) in [5.41, 5.74) is 8.25.